The molecule has 0 bridgehead atoms. The van der Waals surface area contributed by atoms with Crippen molar-refractivity contribution in [3.8, 4) is 0 Å². The van der Waals surface area contributed by atoms with E-state index in [0.717, 1.165) is 25.6 Å². The molecule has 0 spiro atoms. The second kappa shape index (κ2) is 5.84. The number of fused-ring (bicyclic) bond motifs is 1. The molecular formula is C18H24N2. The summed E-state index contributed by atoms with van der Waals surface area (Å²) >= 11 is 0. The average Bonchev–Trinajstić information content (AvgIpc) is 2.48. The van der Waals surface area contributed by atoms with E-state index in [1.807, 2.05) is 0 Å². The molecule has 0 aliphatic carbocycles. The van der Waals surface area contributed by atoms with Gasteiger partial charge in [-0.25, -0.2) is 0 Å². The van der Waals surface area contributed by atoms with Crippen LogP contribution in [0, 0.1) is 5.92 Å². The van der Waals surface area contributed by atoms with Crippen molar-refractivity contribution in [1.29, 1.82) is 0 Å². The van der Waals surface area contributed by atoms with Gasteiger partial charge in [0.2, 0.25) is 0 Å². The Labute approximate surface area is 121 Å². The number of rotatable bonds is 3. The third-order valence-electron chi connectivity index (χ3n) is 4.40. The van der Waals surface area contributed by atoms with E-state index in [4.69, 9.17) is 0 Å². The summed E-state index contributed by atoms with van der Waals surface area (Å²) in [5.74, 6) is 0.762. The van der Waals surface area contributed by atoms with Crippen LogP contribution in [-0.2, 0) is 0 Å². The summed E-state index contributed by atoms with van der Waals surface area (Å²) in [4.78, 5) is 2.57. The molecule has 1 N–H and O–H groups in total. The number of piperidine rings is 1. The van der Waals surface area contributed by atoms with Crippen LogP contribution in [0.2, 0.25) is 0 Å². The molecule has 0 radical (unpaired) electrons. The number of hydrogen-bond donors (Lipinski definition) is 1. The fourth-order valence-corrected chi connectivity index (χ4v) is 3.45. The van der Waals surface area contributed by atoms with Gasteiger partial charge in [0.25, 0.3) is 0 Å². The highest BCUT2D eigenvalue weighted by molar-refractivity contribution is 5.94. The van der Waals surface area contributed by atoms with Crippen LogP contribution in [0.3, 0.4) is 0 Å². The quantitative estimate of drug-likeness (QED) is 0.914. The maximum Gasteiger partial charge on any atom is 0.0448 e. The summed E-state index contributed by atoms with van der Waals surface area (Å²) in [5.41, 5.74) is 1.38. The standard InChI is InChI=1S/C18H24N2/c1-3-20(16-11-14(2)12-19-13-16)18-10-6-8-15-7-4-5-9-17(15)18/h4-10,14,16,19H,3,11-13H2,1-2H3. The molecule has 106 valence electrons. The van der Waals surface area contributed by atoms with Crippen LogP contribution in [0.1, 0.15) is 20.3 Å². The smallest absolute Gasteiger partial charge is 0.0448 e. The highest BCUT2D eigenvalue weighted by Crippen LogP contribution is 2.30. The first kappa shape index (κ1) is 13.4. The maximum atomic E-state index is 3.58. The minimum absolute atomic E-state index is 0.606. The first-order valence-electron chi connectivity index (χ1n) is 7.74. The van der Waals surface area contributed by atoms with Crippen molar-refractivity contribution >= 4 is 16.5 Å². The van der Waals surface area contributed by atoms with Crippen LogP contribution < -0.4 is 10.2 Å². The summed E-state index contributed by atoms with van der Waals surface area (Å²) in [6, 6.07) is 16.0. The van der Waals surface area contributed by atoms with Crippen LogP contribution in [0.4, 0.5) is 5.69 Å². The van der Waals surface area contributed by atoms with Gasteiger partial charge in [-0.05, 0) is 37.3 Å². The van der Waals surface area contributed by atoms with Crippen LogP contribution in [-0.4, -0.2) is 25.7 Å². The summed E-state index contributed by atoms with van der Waals surface area (Å²) in [6.45, 7) is 7.93. The number of anilines is 1. The number of nitrogens with zero attached hydrogens (tertiary/aromatic N) is 1. The SMILES string of the molecule is CCN(c1cccc2ccccc12)C1CNCC(C)C1. The Kier molecular flexibility index (Phi) is 3.93. The van der Waals surface area contributed by atoms with E-state index >= 15 is 0 Å². The van der Waals surface area contributed by atoms with E-state index < -0.39 is 0 Å². The van der Waals surface area contributed by atoms with Gasteiger partial charge in [0.15, 0.2) is 0 Å². The van der Waals surface area contributed by atoms with Crippen molar-refractivity contribution in [3.63, 3.8) is 0 Å². The molecule has 2 atom stereocenters. The molecule has 2 heteroatoms. The first-order chi connectivity index (χ1) is 9.79. The van der Waals surface area contributed by atoms with E-state index in [9.17, 15) is 0 Å². The third kappa shape index (κ3) is 2.53. The predicted molar refractivity (Wildman–Crippen MR) is 87.4 cm³/mol. The van der Waals surface area contributed by atoms with Gasteiger partial charge in [-0.3, -0.25) is 0 Å². The van der Waals surface area contributed by atoms with Gasteiger partial charge in [0.05, 0.1) is 0 Å². The van der Waals surface area contributed by atoms with Crippen molar-refractivity contribution < 1.29 is 0 Å². The molecule has 2 aromatic rings. The molecule has 1 fully saturated rings. The highest BCUT2D eigenvalue weighted by atomic mass is 15.2. The normalized spacial score (nSPS) is 22.9. The van der Waals surface area contributed by atoms with Crippen molar-refractivity contribution in [3.05, 3.63) is 42.5 Å². The Balaban J connectivity index is 1.98. The van der Waals surface area contributed by atoms with Crippen LogP contribution in [0.5, 0.6) is 0 Å². The molecule has 0 aromatic heterocycles. The van der Waals surface area contributed by atoms with E-state index in [-0.39, 0.29) is 0 Å². The largest absolute Gasteiger partial charge is 0.367 e. The Morgan fingerprint density at radius 2 is 1.90 bits per heavy atom. The number of hydrogen-bond acceptors (Lipinski definition) is 2. The van der Waals surface area contributed by atoms with Crippen LogP contribution in [0.25, 0.3) is 10.8 Å². The molecule has 0 amide bonds. The molecule has 2 unspecified atom stereocenters. The molecule has 1 heterocycles. The molecule has 20 heavy (non-hydrogen) atoms. The Morgan fingerprint density at radius 3 is 2.70 bits per heavy atom. The van der Waals surface area contributed by atoms with E-state index in [1.165, 1.54) is 22.9 Å². The minimum Gasteiger partial charge on any atom is -0.367 e. The van der Waals surface area contributed by atoms with Gasteiger partial charge >= 0.3 is 0 Å². The number of likely N-dealkylation sites (N-methyl/N-ethyl adjacent to an activating group) is 1. The van der Waals surface area contributed by atoms with Gasteiger partial charge in [-0.2, -0.15) is 0 Å². The molecule has 1 aliphatic heterocycles. The van der Waals surface area contributed by atoms with Crippen molar-refractivity contribution in [2.24, 2.45) is 5.92 Å². The summed E-state index contributed by atoms with van der Waals surface area (Å²) in [5, 5.41) is 6.28. The Bertz CT molecular complexity index is 573. The van der Waals surface area contributed by atoms with Crippen molar-refractivity contribution in [2.75, 3.05) is 24.5 Å². The van der Waals surface area contributed by atoms with Gasteiger partial charge in [-0.15, -0.1) is 0 Å². The lowest BCUT2D eigenvalue weighted by Crippen LogP contribution is -2.48. The zero-order valence-electron chi connectivity index (χ0n) is 12.5. The summed E-state index contributed by atoms with van der Waals surface area (Å²) in [6.07, 6.45) is 1.28. The fourth-order valence-electron chi connectivity index (χ4n) is 3.45. The van der Waals surface area contributed by atoms with Crippen LogP contribution >= 0.6 is 0 Å². The van der Waals surface area contributed by atoms with E-state index in [2.05, 4.69) is 66.5 Å². The molecule has 2 aromatic carbocycles. The zero-order valence-corrected chi connectivity index (χ0v) is 12.5. The van der Waals surface area contributed by atoms with Gasteiger partial charge < -0.3 is 10.2 Å². The molecule has 0 saturated carbocycles. The maximum absolute atomic E-state index is 3.58. The van der Waals surface area contributed by atoms with Gasteiger partial charge in [-0.1, -0.05) is 43.3 Å². The lowest BCUT2D eigenvalue weighted by atomic mass is 9.95. The summed E-state index contributed by atoms with van der Waals surface area (Å²) in [7, 11) is 0. The zero-order chi connectivity index (χ0) is 13.9. The topological polar surface area (TPSA) is 15.3 Å². The predicted octanol–water partition coefficient (Wildman–Crippen LogP) is 3.66. The van der Waals surface area contributed by atoms with E-state index in [1.54, 1.807) is 0 Å². The average molecular weight is 268 g/mol. The molecule has 3 rings (SSSR count). The first-order valence-corrected chi connectivity index (χ1v) is 7.74. The number of benzene rings is 2. The highest BCUT2D eigenvalue weighted by Gasteiger charge is 2.24. The molecule has 1 aliphatic rings. The van der Waals surface area contributed by atoms with Crippen molar-refractivity contribution in [2.45, 2.75) is 26.3 Å². The lowest BCUT2D eigenvalue weighted by Gasteiger charge is -2.38. The monoisotopic (exact) mass is 268 g/mol. The fraction of sp³-hybridized carbons (Fsp3) is 0.444. The summed E-state index contributed by atoms with van der Waals surface area (Å²) < 4.78 is 0. The minimum atomic E-state index is 0.606. The second-order valence-electron chi connectivity index (χ2n) is 5.94. The molecule has 2 nitrogen and oxygen atoms in total. The van der Waals surface area contributed by atoms with Gasteiger partial charge in [0, 0.05) is 30.2 Å². The van der Waals surface area contributed by atoms with E-state index in [0.29, 0.717) is 6.04 Å². The second-order valence-corrected chi connectivity index (χ2v) is 5.94. The number of nitrogens with one attached hydrogen (secondary N) is 1. The molecule has 1 saturated heterocycles. The van der Waals surface area contributed by atoms with Gasteiger partial charge in [0.1, 0.15) is 0 Å². The third-order valence-corrected chi connectivity index (χ3v) is 4.40. The van der Waals surface area contributed by atoms with Crippen molar-refractivity contribution in [1.82, 2.24) is 5.32 Å². The Morgan fingerprint density at radius 1 is 1.10 bits per heavy atom. The lowest BCUT2D eigenvalue weighted by molar-refractivity contribution is 0.350. The molecular weight excluding hydrogens is 244 g/mol. The Hall–Kier alpha value is -1.54. The van der Waals surface area contributed by atoms with Crippen LogP contribution in [0.15, 0.2) is 42.5 Å².